The second-order valence-corrected chi connectivity index (χ2v) is 10.7. The maximum Gasteiger partial charge on any atom is 0.303 e. The Balaban J connectivity index is 1.67. The Kier molecular flexibility index (Phi) is 4.33. The summed E-state index contributed by atoms with van der Waals surface area (Å²) >= 11 is 6.83. The zero-order chi connectivity index (χ0) is 21.5. The summed E-state index contributed by atoms with van der Waals surface area (Å²) in [4.78, 5) is 37.2. The SMILES string of the molecule is CC(=O)O[C@]1(C(C)=O)CC[C@H]2[C@@H]3C=C(Cl)C4=CC(=O)CC[C@@]45CC=C[C@@H](C[C@@]21C)[C@@H]35. The quantitative estimate of drug-likeness (QED) is 0.462. The summed E-state index contributed by atoms with van der Waals surface area (Å²) in [5.74, 6) is 0.811. The Bertz CT molecular complexity index is 945. The van der Waals surface area contributed by atoms with Crippen LogP contribution in [0.25, 0.3) is 0 Å². The van der Waals surface area contributed by atoms with Crippen LogP contribution in [-0.4, -0.2) is 23.1 Å². The van der Waals surface area contributed by atoms with Crippen molar-refractivity contribution in [1.29, 1.82) is 0 Å². The maximum absolute atomic E-state index is 12.9. The van der Waals surface area contributed by atoms with Gasteiger partial charge in [0.05, 0.1) is 0 Å². The third-order valence-corrected chi connectivity index (χ3v) is 9.52. The molecule has 0 radical (unpaired) electrons. The third-order valence-electron chi connectivity index (χ3n) is 9.19. The van der Waals surface area contributed by atoms with E-state index < -0.39 is 17.0 Å². The first-order valence-corrected chi connectivity index (χ1v) is 11.5. The molecule has 5 heteroatoms. The molecule has 0 aliphatic heterocycles. The smallest absolute Gasteiger partial charge is 0.303 e. The molecule has 2 fully saturated rings. The van der Waals surface area contributed by atoms with Gasteiger partial charge < -0.3 is 4.74 Å². The highest BCUT2D eigenvalue weighted by atomic mass is 35.5. The molecule has 2 saturated carbocycles. The molecule has 0 N–H and O–H groups in total. The monoisotopic (exact) mass is 428 g/mol. The van der Waals surface area contributed by atoms with E-state index >= 15 is 0 Å². The minimum atomic E-state index is -1.06. The van der Waals surface area contributed by atoms with E-state index in [1.54, 1.807) is 13.0 Å². The van der Waals surface area contributed by atoms with Gasteiger partial charge in [-0.25, -0.2) is 0 Å². The van der Waals surface area contributed by atoms with Crippen LogP contribution in [-0.2, 0) is 19.1 Å². The molecule has 5 aliphatic rings. The van der Waals surface area contributed by atoms with Crippen LogP contribution in [0, 0.1) is 34.5 Å². The van der Waals surface area contributed by atoms with Gasteiger partial charge in [0.2, 0.25) is 0 Å². The fraction of sp³-hybridized carbons (Fsp3) is 0.640. The van der Waals surface area contributed by atoms with Crippen molar-refractivity contribution in [3.63, 3.8) is 0 Å². The van der Waals surface area contributed by atoms with E-state index in [0.717, 1.165) is 31.3 Å². The number of esters is 1. The van der Waals surface area contributed by atoms with E-state index in [-0.39, 0.29) is 34.7 Å². The number of hydrogen-bond donors (Lipinski definition) is 0. The van der Waals surface area contributed by atoms with Gasteiger partial charge in [0.1, 0.15) is 0 Å². The average Bonchev–Trinajstić information content (AvgIpc) is 2.96. The van der Waals surface area contributed by atoms with Crippen LogP contribution in [0.4, 0.5) is 0 Å². The van der Waals surface area contributed by atoms with Gasteiger partial charge in [0.15, 0.2) is 17.2 Å². The molecule has 0 aromatic heterocycles. The van der Waals surface area contributed by atoms with Gasteiger partial charge in [-0.2, -0.15) is 0 Å². The number of carbonyl (C=O) groups is 3. The van der Waals surface area contributed by atoms with Gasteiger partial charge in [0.25, 0.3) is 0 Å². The minimum absolute atomic E-state index is 0.0506. The molecule has 0 heterocycles. The highest BCUT2D eigenvalue weighted by molar-refractivity contribution is 6.32. The number of ketones is 2. The number of fused-ring (bicyclic) bond motifs is 2. The molecule has 0 saturated heterocycles. The molecule has 5 aliphatic carbocycles. The highest BCUT2D eigenvalue weighted by Crippen LogP contribution is 2.71. The van der Waals surface area contributed by atoms with E-state index in [1.165, 1.54) is 6.92 Å². The Morgan fingerprint density at radius 2 is 2.00 bits per heavy atom. The number of rotatable bonds is 2. The summed E-state index contributed by atoms with van der Waals surface area (Å²) in [6.07, 6.45) is 13.1. The number of carbonyl (C=O) groups excluding carboxylic acids is 3. The third kappa shape index (κ3) is 2.37. The second-order valence-electron chi connectivity index (χ2n) is 10.3. The summed E-state index contributed by atoms with van der Waals surface area (Å²) in [7, 11) is 0. The Morgan fingerprint density at radius 1 is 1.23 bits per heavy atom. The van der Waals surface area contributed by atoms with Crippen molar-refractivity contribution in [2.75, 3.05) is 0 Å². The molecule has 5 rings (SSSR count). The van der Waals surface area contributed by atoms with Crippen molar-refractivity contribution in [2.24, 2.45) is 34.5 Å². The number of ether oxygens (including phenoxy) is 1. The maximum atomic E-state index is 12.9. The first-order chi connectivity index (χ1) is 14.1. The standard InChI is InChI=1S/C25H29ClO4/c1-14(27)25(30-15(2)28)10-7-19-18-12-21(26)20-11-17(29)6-9-24(20)8-4-5-16(22(18)24)13-23(19,25)3/h4-5,11-12,16,18-19,22H,6-10,13H2,1-3H3/t16-,18-,19-,22-,23-,24-,25-/m0/s1. The number of allylic oxidation sites excluding steroid dienone is 6. The van der Waals surface area contributed by atoms with Crippen LogP contribution in [0.15, 0.2) is 34.9 Å². The molecule has 160 valence electrons. The van der Waals surface area contributed by atoms with Crippen molar-refractivity contribution >= 4 is 29.1 Å². The molecule has 0 bridgehead atoms. The van der Waals surface area contributed by atoms with Crippen LogP contribution in [0.2, 0.25) is 0 Å². The number of Topliss-reactive ketones (excluding diaryl/α,β-unsaturated/α-hetero) is 1. The minimum Gasteiger partial charge on any atom is -0.451 e. The lowest BCUT2D eigenvalue weighted by Gasteiger charge is -2.62. The predicted octanol–water partition coefficient (Wildman–Crippen LogP) is 4.92. The molecule has 0 unspecified atom stereocenters. The Labute approximate surface area is 182 Å². The van der Waals surface area contributed by atoms with Gasteiger partial charge in [-0.3, -0.25) is 14.4 Å². The molecule has 30 heavy (non-hydrogen) atoms. The first-order valence-electron chi connectivity index (χ1n) is 11.1. The van der Waals surface area contributed by atoms with Gasteiger partial charge in [-0.05, 0) is 74.3 Å². The molecule has 0 aromatic rings. The summed E-state index contributed by atoms with van der Waals surface area (Å²) in [5.41, 5.74) is -0.561. The normalized spacial score (nSPS) is 46.2. The first kappa shape index (κ1) is 20.2. The summed E-state index contributed by atoms with van der Waals surface area (Å²) in [6.45, 7) is 5.12. The van der Waals surface area contributed by atoms with Gasteiger partial charge in [0, 0.05) is 29.2 Å². The van der Waals surface area contributed by atoms with E-state index in [9.17, 15) is 14.4 Å². The van der Waals surface area contributed by atoms with Crippen molar-refractivity contribution in [2.45, 2.75) is 64.9 Å². The van der Waals surface area contributed by atoms with E-state index in [0.29, 0.717) is 23.8 Å². The number of halogens is 1. The van der Waals surface area contributed by atoms with Crippen molar-refractivity contribution in [3.05, 3.63) is 34.9 Å². The van der Waals surface area contributed by atoms with Crippen LogP contribution < -0.4 is 0 Å². The molecule has 7 atom stereocenters. The lowest BCUT2D eigenvalue weighted by molar-refractivity contribution is -0.188. The highest BCUT2D eigenvalue weighted by Gasteiger charge is 2.70. The molecule has 0 amide bonds. The lowest BCUT2D eigenvalue weighted by atomic mass is 9.42. The largest absolute Gasteiger partial charge is 0.451 e. The lowest BCUT2D eigenvalue weighted by Crippen LogP contribution is -2.61. The van der Waals surface area contributed by atoms with Crippen LogP contribution in [0.1, 0.15) is 59.3 Å². The second kappa shape index (κ2) is 6.41. The zero-order valence-electron chi connectivity index (χ0n) is 17.9. The Hall–Kier alpha value is -1.68. The van der Waals surface area contributed by atoms with Gasteiger partial charge in [-0.15, -0.1) is 0 Å². The molecular formula is C25H29ClO4. The van der Waals surface area contributed by atoms with Crippen molar-refractivity contribution in [1.82, 2.24) is 0 Å². The topological polar surface area (TPSA) is 60.4 Å². The molecule has 0 aromatic carbocycles. The molecular weight excluding hydrogens is 400 g/mol. The average molecular weight is 429 g/mol. The van der Waals surface area contributed by atoms with E-state index in [2.05, 4.69) is 25.2 Å². The van der Waals surface area contributed by atoms with Crippen LogP contribution in [0.3, 0.4) is 0 Å². The fourth-order valence-corrected chi connectivity index (χ4v) is 8.56. The summed E-state index contributed by atoms with van der Waals surface area (Å²) in [6, 6.07) is 0. The molecule has 1 spiro atoms. The van der Waals surface area contributed by atoms with Crippen LogP contribution in [0.5, 0.6) is 0 Å². The van der Waals surface area contributed by atoms with Gasteiger partial charge >= 0.3 is 5.97 Å². The van der Waals surface area contributed by atoms with E-state index in [1.807, 2.05) is 0 Å². The number of hydrogen-bond acceptors (Lipinski definition) is 4. The summed E-state index contributed by atoms with van der Waals surface area (Å²) < 4.78 is 5.87. The fourth-order valence-electron chi connectivity index (χ4n) is 8.17. The molecule has 4 nitrogen and oxygen atoms in total. The summed E-state index contributed by atoms with van der Waals surface area (Å²) in [5, 5.41) is 0.704. The Morgan fingerprint density at radius 3 is 2.70 bits per heavy atom. The van der Waals surface area contributed by atoms with Gasteiger partial charge in [-0.1, -0.05) is 36.8 Å². The van der Waals surface area contributed by atoms with E-state index in [4.69, 9.17) is 16.3 Å². The van der Waals surface area contributed by atoms with Crippen molar-refractivity contribution < 1.29 is 19.1 Å². The van der Waals surface area contributed by atoms with Crippen LogP contribution >= 0.6 is 11.6 Å². The zero-order valence-corrected chi connectivity index (χ0v) is 18.6. The predicted molar refractivity (Wildman–Crippen MR) is 114 cm³/mol. The van der Waals surface area contributed by atoms with Crippen molar-refractivity contribution in [3.8, 4) is 0 Å².